The molecule has 3 rings (SSSR count). The lowest BCUT2D eigenvalue weighted by Crippen LogP contribution is -2.03. The molecule has 0 atom stereocenters. The van der Waals surface area contributed by atoms with E-state index in [1.807, 2.05) is 25.1 Å². The predicted octanol–water partition coefficient (Wildman–Crippen LogP) is 5.63. The number of aromatic nitrogens is 3. The van der Waals surface area contributed by atoms with Crippen molar-refractivity contribution < 1.29 is 0 Å². The zero-order valence-corrected chi connectivity index (χ0v) is 14.8. The van der Waals surface area contributed by atoms with Gasteiger partial charge in [-0.15, -0.1) is 5.10 Å². The Balaban J connectivity index is 1.84. The molecule has 122 valence electrons. The van der Waals surface area contributed by atoms with Crippen molar-refractivity contribution in [3.63, 3.8) is 0 Å². The third kappa shape index (κ3) is 3.87. The van der Waals surface area contributed by atoms with Gasteiger partial charge in [0.05, 0.1) is 16.9 Å². The Labute approximate surface area is 154 Å². The first-order chi connectivity index (χ1) is 11.5. The summed E-state index contributed by atoms with van der Waals surface area (Å²) in [7, 11) is 0. The first-order valence-corrected chi connectivity index (χ1v) is 8.10. The van der Waals surface area contributed by atoms with E-state index in [0.29, 0.717) is 32.5 Å². The van der Waals surface area contributed by atoms with Gasteiger partial charge in [-0.1, -0.05) is 40.9 Å². The average molecular weight is 381 g/mol. The van der Waals surface area contributed by atoms with Crippen molar-refractivity contribution in [2.75, 3.05) is 10.6 Å². The van der Waals surface area contributed by atoms with Crippen LogP contribution in [0.1, 0.15) is 5.56 Å². The van der Waals surface area contributed by atoms with Gasteiger partial charge in [0.15, 0.2) is 5.82 Å². The Morgan fingerprint density at radius 2 is 1.75 bits per heavy atom. The molecule has 0 saturated heterocycles. The SMILES string of the molecule is Cc1c(Cl)cccc1Nc1nncc(Nc2cc(Cl)ccc2Cl)n1. The highest BCUT2D eigenvalue weighted by molar-refractivity contribution is 6.35. The molecule has 1 aromatic heterocycles. The van der Waals surface area contributed by atoms with Gasteiger partial charge in [-0.25, -0.2) is 0 Å². The third-order valence-electron chi connectivity index (χ3n) is 3.26. The predicted molar refractivity (Wildman–Crippen MR) is 99.0 cm³/mol. The Morgan fingerprint density at radius 3 is 2.58 bits per heavy atom. The van der Waals surface area contributed by atoms with Crippen LogP contribution < -0.4 is 10.6 Å². The second kappa shape index (κ2) is 7.21. The van der Waals surface area contributed by atoms with E-state index in [-0.39, 0.29) is 0 Å². The van der Waals surface area contributed by atoms with Gasteiger partial charge in [-0.3, -0.25) is 0 Å². The summed E-state index contributed by atoms with van der Waals surface area (Å²) in [5.41, 5.74) is 2.34. The van der Waals surface area contributed by atoms with Crippen molar-refractivity contribution in [2.24, 2.45) is 0 Å². The summed E-state index contributed by atoms with van der Waals surface area (Å²) in [6.45, 7) is 1.91. The molecule has 0 aliphatic rings. The van der Waals surface area contributed by atoms with Gasteiger partial charge in [0.1, 0.15) is 0 Å². The van der Waals surface area contributed by atoms with Crippen molar-refractivity contribution in [1.82, 2.24) is 15.2 Å². The van der Waals surface area contributed by atoms with Crippen molar-refractivity contribution in [2.45, 2.75) is 6.92 Å². The fraction of sp³-hybridized carbons (Fsp3) is 0.0625. The van der Waals surface area contributed by atoms with Crippen molar-refractivity contribution >= 4 is 57.9 Å². The fourth-order valence-electron chi connectivity index (χ4n) is 2.01. The van der Waals surface area contributed by atoms with Crippen LogP contribution in [0, 0.1) is 6.92 Å². The average Bonchev–Trinajstić information content (AvgIpc) is 2.56. The molecule has 8 heteroatoms. The zero-order valence-electron chi connectivity index (χ0n) is 12.5. The van der Waals surface area contributed by atoms with Crippen LogP contribution in [0.25, 0.3) is 0 Å². The van der Waals surface area contributed by atoms with Gasteiger partial charge in [0, 0.05) is 15.7 Å². The largest absolute Gasteiger partial charge is 0.338 e. The van der Waals surface area contributed by atoms with Crippen molar-refractivity contribution in [1.29, 1.82) is 0 Å². The van der Waals surface area contributed by atoms with Gasteiger partial charge in [0.25, 0.3) is 0 Å². The first-order valence-electron chi connectivity index (χ1n) is 6.97. The number of nitrogens with one attached hydrogen (secondary N) is 2. The summed E-state index contributed by atoms with van der Waals surface area (Å²) in [4.78, 5) is 4.36. The second-order valence-corrected chi connectivity index (χ2v) is 6.20. The fourth-order valence-corrected chi connectivity index (χ4v) is 2.52. The number of nitrogens with zero attached hydrogens (tertiary/aromatic N) is 3. The van der Waals surface area contributed by atoms with Crippen LogP contribution in [0.15, 0.2) is 42.6 Å². The molecule has 0 bridgehead atoms. The summed E-state index contributed by atoms with van der Waals surface area (Å²) in [6, 6.07) is 10.7. The zero-order chi connectivity index (χ0) is 17.1. The van der Waals surface area contributed by atoms with Crippen LogP contribution in [0.5, 0.6) is 0 Å². The highest BCUT2D eigenvalue weighted by atomic mass is 35.5. The lowest BCUT2D eigenvalue weighted by molar-refractivity contribution is 0.982. The number of anilines is 4. The Morgan fingerprint density at radius 1 is 0.917 bits per heavy atom. The number of benzene rings is 2. The van der Waals surface area contributed by atoms with Gasteiger partial charge in [-0.05, 0) is 42.8 Å². The van der Waals surface area contributed by atoms with E-state index in [1.165, 1.54) is 6.20 Å². The number of halogens is 3. The normalized spacial score (nSPS) is 10.5. The lowest BCUT2D eigenvalue weighted by Gasteiger charge is -2.11. The monoisotopic (exact) mass is 379 g/mol. The molecule has 3 aromatic rings. The minimum absolute atomic E-state index is 0.337. The van der Waals surface area contributed by atoms with Crippen LogP contribution in [0.4, 0.5) is 23.1 Å². The van der Waals surface area contributed by atoms with E-state index >= 15 is 0 Å². The molecular weight excluding hydrogens is 369 g/mol. The second-order valence-electron chi connectivity index (χ2n) is 4.95. The quantitative estimate of drug-likeness (QED) is 0.614. The molecule has 0 aliphatic heterocycles. The van der Waals surface area contributed by atoms with E-state index in [9.17, 15) is 0 Å². The molecule has 5 nitrogen and oxygen atoms in total. The van der Waals surface area contributed by atoms with Gasteiger partial charge < -0.3 is 10.6 Å². The van der Waals surface area contributed by atoms with E-state index < -0.39 is 0 Å². The topological polar surface area (TPSA) is 62.7 Å². The molecule has 0 amide bonds. The van der Waals surface area contributed by atoms with Gasteiger partial charge >= 0.3 is 0 Å². The van der Waals surface area contributed by atoms with Crippen LogP contribution in [0.3, 0.4) is 0 Å². The molecule has 0 fully saturated rings. The molecule has 0 spiro atoms. The highest BCUT2D eigenvalue weighted by Gasteiger charge is 2.07. The Kier molecular flexibility index (Phi) is 5.04. The number of rotatable bonds is 4. The molecule has 2 aromatic carbocycles. The number of hydrogen-bond donors (Lipinski definition) is 2. The van der Waals surface area contributed by atoms with Crippen LogP contribution in [-0.4, -0.2) is 15.2 Å². The van der Waals surface area contributed by atoms with E-state index in [2.05, 4.69) is 25.8 Å². The summed E-state index contributed by atoms with van der Waals surface area (Å²) < 4.78 is 0. The molecular formula is C16H12Cl3N5. The Hall–Kier alpha value is -2.08. The molecule has 2 N–H and O–H groups in total. The number of hydrogen-bond acceptors (Lipinski definition) is 5. The minimum atomic E-state index is 0.337. The van der Waals surface area contributed by atoms with Crippen LogP contribution >= 0.6 is 34.8 Å². The lowest BCUT2D eigenvalue weighted by atomic mass is 10.2. The summed E-state index contributed by atoms with van der Waals surface area (Å²) in [5, 5.41) is 15.8. The van der Waals surface area contributed by atoms with Crippen LogP contribution in [-0.2, 0) is 0 Å². The first kappa shape index (κ1) is 16.8. The molecule has 0 aliphatic carbocycles. The Bertz CT molecular complexity index is 866. The molecule has 24 heavy (non-hydrogen) atoms. The third-order valence-corrected chi connectivity index (χ3v) is 4.24. The summed E-state index contributed by atoms with van der Waals surface area (Å²) in [6.07, 6.45) is 1.49. The maximum atomic E-state index is 6.14. The standard InChI is InChI=1S/C16H12Cl3N5/c1-9-11(18)3-2-4-13(9)22-16-23-15(8-20-24-16)21-14-7-10(17)5-6-12(14)19/h2-8H,1H3,(H2,21,22,23,24). The molecule has 0 radical (unpaired) electrons. The highest BCUT2D eigenvalue weighted by Crippen LogP contribution is 2.28. The maximum Gasteiger partial charge on any atom is 0.249 e. The van der Waals surface area contributed by atoms with Gasteiger partial charge in [0.2, 0.25) is 5.95 Å². The van der Waals surface area contributed by atoms with E-state index in [4.69, 9.17) is 34.8 Å². The molecule has 0 saturated carbocycles. The minimum Gasteiger partial charge on any atom is -0.338 e. The summed E-state index contributed by atoms with van der Waals surface area (Å²) in [5.74, 6) is 0.819. The van der Waals surface area contributed by atoms with Crippen LogP contribution in [0.2, 0.25) is 15.1 Å². The molecule has 0 unspecified atom stereocenters. The summed E-state index contributed by atoms with van der Waals surface area (Å²) >= 11 is 18.2. The maximum absolute atomic E-state index is 6.14. The van der Waals surface area contributed by atoms with Gasteiger partial charge in [-0.2, -0.15) is 10.1 Å². The molecule has 1 heterocycles. The van der Waals surface area contributed by atoms with E-state index in [0.717, 1.165) is 11.3 Å². The smallest absolute Gasteiger partial charge is 0.249 e. The van der Waals surface area contributed by atoms with Crippen molar-refractivity contribution in [3.05, 3.63) is 63.2 Å². The van der Waals surface area contributed by atoms with E-state index in [1.54, 1.807) is 18.2 Å². The van der Waals surface area contributed by atoms with Crippen molar-refractivity contribution in [3.8, 4) is 0 Å².